The summed E-state index contributed by atoms with van der Waals surface area (Å²) in [5.74, 6) is -1.77. The number of carbonyl (C=O) groups is 1. The second-order valence-corrected chi connectivity index (χ2v) is 4.08. The van der Waals surface area contributed by atoms with E-state index in [1.807, 2.05) is 60.7 Å². The molecule has 2 rings (SSSR count). The van der Waals surface area contributed by atoms with Crippen molar-refractivity contribution in [3.05, 3.63) is 71.8 Å². The normalized spacial score (nSPS) is 12.3. The van der Waals surface area contributed by atoms with E-state index >= 15 is 0 Å². The zero-order valence-corrected chi connectivity index (χ0v) is 9.73. The Hall–Kier alpha value is -2.13. The quantitative estimate of drug-likeness (QED) is 0.864. The highest BCUT2D eigenvalue weighted by Crippen LogP contribution is 2.28. The first-order valence-corrected chi connectivity index (χ1v) is 5.71. The number of hydrogen-bond donors (Lipinski definition) is 2. The van der Waals surface area contributed by atoms with Crippen LogP contribution in [-0.2, 0) is 4.79 Å². The standard InChI is InChI=1S/C15H14O3/c16-14(15(17)18)13(11-7-3-1-4-8-11)12-9-5-2-6-10-12/h1-10,13-14,16H,(H,17,18)/t14-/m0/s1. The van der Waals surface area contributed by atoms with Gasteiger partial charge in [0.1, 0.15) is 0 Å². The maximum absolute atomic E-state index is 11.0. The molecule has 0 saturated heterocycles. The topological polar surface area (TPSA) is 57.5 Å². The van der Waals surface area contributed by atoms with E-state index in [4.69, 9.17) is 5.11 Å². The summed E-state index contributed by atoms with van der Waals surface area (Å²) in [6, 6.07) is 18.3. The number of hydrogen-bond acceptors (Lipinski definition) is 2. The lowest BCUT2D eigenvalue weighted by molar-refractivity contribution is -0.147. The average Bonchev–Trinajstić information content (AvgIpc) is 2.41. The number of aliphatic hydroxyl groups excluding tert-OH is 1. The van der Waals surface area contributed by atoms with Gasteiger partial charge in [-0.1, -0.05) is 60.7 Å². The molecule has 3 nitrogen and oxygen atoms in total. The molecule has 18 heavy (non-hydrogen) atoms. The third-order valence-electron chi connectivity index (χ3n) is 2.89. The minimum atomic E-state index is -1.45. The Morgan fingerprint density at radius 3 is 1.56 bits per heavy atom. The van der Waals surface area contributed by atoms with Crippen LogP contribution in [0.4, 0.5) is 0 Å². The van der Waals surface area contributed by atoms with Crippen molar-refractivity contribution in [3.63, 3.8) is 0 Å². The third-order valence-corrected chi connectivity index (χ3v) is 2.89. The van der Waals surface area contributed by atoms with Gasteiger partial charge in [0.2, 0.25) is 0 Å². The van der Waals surface area contributed by atoms with Gasteiger partial charge in [-0.05, 0) is 11.1 Å². The summed E-state index contributed by atoms with van der Waals surface area (Å²) in [7, 11) is 0. The zero-order valence-electron chi connectivity index (χ0n) is 9.73. The first kappa shape index (κ1) is 12.3. The fourth-order valence-corrected chi connectivity index (χ4v) is 2.02. The molecular formula is C15H14O3. The van der Waals surface area contributed by atoms with E-state index in [2.05, 4.69) is 0 Å². The lowest BCUT2D eigenvalue weighted by Crippen LogP contribution is -2.28. The van der Waals surface area contributed by atoms with Crippen molar-refractivity contribution in [1.82, 2.24) is 0 Å². The van der Waals surface area contributed by atoms with E-state index in [9.17, 15) is 9.90 Å². The molecule has 2 aromatic rings. The number of aliphatic carboxylic acids is 1. The zero-order chi connectivity index (χ0) is 13.0. The maximum Gasteiger partial charge on any atom is 0.333 e. The molecule has 0 radical (unpaired) electrons. The molecule has 2 N–H and O–H groups in total. The van der Waals surface area contributed by atoms with E-state index in [1.165, 1.54) is 0 Å². The average molecular weight is 242 g/mol. The monoisotopic (exact) mass is 242 g/mol. The van der Waals surface area contributed by atoms with Crippen LogP contribution in [0.1, 0.15) is 17.0 Å². The lowest BCUT2D eigenvalue weighted by Gasteiger charge is -2.20. The minimum absolute atomic E-state index is 0.551. The smallest absolute Gasteiger partial charge is 0.333 e. The van der Waals surface area contributed by atoms with Gasteiger partial charge in [0.05, 0.1) is 0 Å². The maximum atomic E-state index is 11.0. The molecule has 0 heterocycles. The van der Waals surface area contributed by atoms with Gasteiger partial charge >= 0.3 is 5.97 Å². The summed E-state index contributed by atoms with van der Waals surface area (Å²) in [4.78, 5) is 11.0. The number of rotatable bonds is 4. The Morgan fingerprint density at radius 1 is 0.833 bits per heavy atom. The summed E-state index contributed by atoms with van der Waals surface area (Å²) in [5.41, 5.74) is 1.58. The highest BCUT2D eigenvalue weighted by Gasteiger charge is 2.28. The van der Waals surface area contributed by atoms with Crippen LogP contribution in [0.25, 0.3) is 0 Å². The van der Waals surface area contributed by atoms with Gasteiger partial charge in [0.25, 0.3) is 0 Å². The van der Waals surface area contributed by atoms with Crippen LogP contribution >= 0.6 is 0 Å². The molecule has 1 atom stereocenters. The van der Waals surface area contributed by atoms with Crippen molar-refractivity contribution in [2.24, 2.45) is 0 Å². The molecule has 0 spiro atoms. The van der Waals surface area contributed by atoms with Gasteiger partial charge in [-0.3, -0.25) is 0 Å². The fourth-order valence-electron chi connectivity index (χ4n) is 2.02. The van der Waals surface area contributed by atoms with Gasteiger partial charge in [0.15, 0.2) is 6.10 Å². The Balaban J connectivity index is 2.45. The van der Waals surface area contributed by atoms with Crippen molar-refractivity contribution >= 4 is 5.97 Å². The Morgan fingerprint density at radius 2 is 1.22 bits per heavy atom. The van der Waals surface area contributed by atoms with Crippen molar-refractivity contribution in [3.8, 4) is 0 Å². The summed E-state index contributed by atoms with van der Waals surface area (Å²) in [6.45, 7) is 0. The van der Waals surface area contributed by atoms with Crippen LogP contribution in [0.3, 0.4) is 0 Å². The molecule has 2 aromatic carbocycles. The highest BCUT2D eigenvalue weighted by molar-refractivity contribution is 5.74. The molecule has 0 bridgehead atoms. The second-order valence-electron chi connectivity index (χ2n) is 4.08. The Bertz CT molecular complexity index is 468. The first-order valence-electron chi connectivity index (χ1n) is 5.71. The van der Waals surface area contributed by atoms with E-state index < -0.39 is 18.0 Å². The molecule has 0 aliphatic heterocycles. The van der Waals surface area contributed by atoms with Crippen molar-refractivity contribution in [1.29, 1.82) is 0 Å². The largest absolute Gasteiger partial charge is 0.479 e. The van der Waals surface area contributed by atoms with Crippen molar-refractivity contribution in [2.75, 3.05) is 0 Å². The van der Waals surface area contributed by atoms with Gasteiger partial charge < -0.3 is 10.2 Å². The number of aliphatic hydroxyl groups is 1. The lowest BCUT2D eigenvalue weighted by atomic mass is 9.86. The van der Waals surface area contributed by atoms with Gasteiger partial charge in [-0.15, -0.1) is 0 Å². The van der Waals surface area contributed by atoms with Gasteiger partial charge in [0, 0.05) is 5.92 Å². The Kier molecular flexibility index (Phi) is 3.75. The van der Waals surface area contributed by atoms with E-state index in [-0.39, 0.29) is 0 Å². The molecule has 0 saturated carbocycles. The minimum Gasteiger partial charge on any atom is -0.479 e. The number of benzene rings is 2. The Labute approximate surface area is 105 Å². The molecule has 0 amide bonds. The predicted octanol–water partition coefficient (Wildman–Crippen LogP) is 2.26. The molecular weight excluding hydrogens is 228 g/mol. The fraction of sp³-hybridized carbons (Fsp3) is 0.133. The van der Waals surface area contributed by atoms with E-state index in [0.717, 1.165) is 11.1 Å². The van der Waals surface area contributed by atoms with Crippen LogP contribution in [0.2, 0.25) is 0 Å². The van der Waals surface area contributed by atoms with Crippen LogP contribution in [-0.4, -0.2) is 22.3 Å². The SMILES string of the molecule is O=C(O)[C@@H](O)C(c1ccccc1)c1ccccc1. The summed E-state index contributed by atoms with van der Waals surface area (Å²) in [6.07, 6.45) is -1.45. The number of carboxylic acids is 1. The summed E-state index contributed by atoms with van der Waals surface area (Å²) < 4.78 is 0. The van der Waals surface area contributed by atoms with Crippen LogP contribution in [0.15, 0.2) is 60.7 Å². The van der Waals surface area contributed by atoms with E-state index in [0.29, 0.717) is 0 Å². The first-order chi connectivity index (χ1) is 8.70. The molecule has 3 heteroatoms. The molecule has 0 aromatic heterocycles. The number of carboxylic acid groups (broad SMARTS) is 1. The van der Waals surface area contributed by atoms with Gasteiger partial charge in [-0.25, -0.2) is 4.79 Å². The molecule has 92 valence electrons. The molecule has 0 fully saturated rings. The predicted molar refractivity (Wildman–Crippen MR) is 68.4 cm³/mol. The van der Waals surface area contributed by atoms with Gasteiger partial charge in [-0.2, -0.15) is 0 Å². The van der Waals surface area contributed by atoms with E-state index in [1.54, 1.807) is 0 Å². The molecule has 0 aliphatic carbocycles. The van der Waals surface area contributed by atoms with Crippen LogP contribution in [0.5, 0.6) is 0 Å². The summed E-state index contributed by atoms with van der Waals surface area (Å²) >= 11 is 0. The van der Waals surface area contributed by atoms with Crippen molar-refractivity contribution in [2.45, 2.75) is 12.0 Å². The molecule has 0 unspecified atom stereocenters. The third kappa shape index (κ3) is 2.57. The summed E-state index contributed by atoms with van der Waals surface area (Å²) in [5, 5.41) is 18.9. The highest BCUT2D eigenvalue weighted by atomic mass is 16.4. The second kappa shape index (κ2) is 5.47. The van der Waals surface area contributed by atoms with Crippen LogP contribution in [0, 0.1) is 0 Å². The molecule has 0 aliphatic rings. The van der Waals surface area contributed by atoms with Crippen molar-refractivity contribution < 1.29 is 15.0 Å². The van der Waals surface area contributed by atoms with Crippen LogP contribution < -0.4 is 0 Å².